The van der Waals surface area contributed by atoms with Crippen molar-refractivity contribution in [1.29, 1.82) is 0 Å². The molecule has 0 aromatic heterocycles. The number of anilines is 1. The van der Waals surface area contributed by atoms with Crippen molar-refractivity contribution >= 4 is 39.1 Å². The predicted molar refractivity (Wildman–Crippen MR) is 148 cm³/mol. The molecule has 1 N–H and O–H groups in total. The Hall–Kier alpha value is -3.36. The van der Waals surface area contributed by atoms with Crippen LogP contribution in [-0.2, 0) is 32.6 Å². The number of nitrogens with one attached hydrogen (secondary N) is 1. The van der Waals surface area contributed by atoms with Crippen molar-refractivity contribution < 1.29 is 18.0 Å². The lowest BCUT2D eigenvalue weighted by Gasteiger charge is -2.33. The van der Waals surface area contributed by atoms with Gasteiger partial charge in [-0.1, -0.05) is 72.3 Å². The van der Waals surface area contributed by atoms with Crippen LogP contribution < -0.4 is 9.62 Å². The minimum absolute atomic E-state index is 0.142. The van der Waals surface area contributed by atoms with E-state index in [2.05, 4.69) is 5.32 Å². The molecule has 0 saturated carbocycles. The van der Waals surface area contributed by atoms with Crippen LogP contribution in [0.3, 0.4) is 0 Å². The van der Waals surface area contributed by atoms with Crippen LogP contribution in [0.15, 0.2) is 72.8 Å². The Morgan fingerprint density at radius 1 is 0.946 bits per heavy atom. The number of nitrogens with zero attached hydrogens (tertiary/aromatic N) is 2. The normalized spacial score (nSPS) is 12.0. The molecule has 0 radical (unpaired) electrons. The number of benzene rings is 3. The van der Waals surface area contributed by atoms with Crippen LogP contribution in [0, 0.1) is 13.8 Å². The van der Waals surface area contributed by atoms with E-state index in [-0.39, 0.29) is 24.6 Å². The summed E-state index contributed by atoms with van der Waals surface area (Å²) in [6.45, 7) is 3.40. The first-order chi connectivity index (χ1) is 17.5. The van der Waals surface area contributed by atoms with Crippen LogP contribution in [0.5, 0.6) is 0 Å². The summed E-state index contributed by atoms with van der Waals surface area (Å²) < 4.78 is 26.6. The van der Waals surface area contributed by atoms with Gasteiger partial charge in [-0.3, -0.25) is 13.9 Å². The number of hydrogen-bond acceptors (Lipinski definition) is 4. The second-order valence-electron chi connectivity index (χ2n) is 8.97. The summed E-state index contributed by atoms with van der Waals surface area (Å²) in [5.41, 5.74) is 3.77. The van der Waals surface area contributed by atoms with E-state index in [0.29, 0.717) is 5.02 Å². The van der Waals surface area contributed by atoms with Crippen molar-refractivity contribution in [3.8, 4) is 0 Å². The van der Waals surface area contributed by atoms with Crippen molar-refractivity contribution in [3.05, 3.63) is 100 Å². The lowest BCUT2D eigenvalue weighted by Crippen LogP contribution is -2.53. The molecular weight excluding hydrogens is 510 g/mol. The van der Waals surface area contributed by atoms with Gasteiger partial charge >= 0.3 is 0 Å². The summed E-state index contributed by atoms with van der Waals surface area (Å²) in [4.78, 5) is 28.5. The molecule has 7 nitrogen and oxygen atoms in total. The zero-order chi connectivity index (χ0) is 27.2. The standard InChI is InChI=1S/C28H32ClN3O4S/c1-20-10-8-9-13-23(20)18-31(26(28(34)30-3)16-22-11-6-5-7-12-22)27(33)19-32(37(4,35)36)24-15-14-21(2)25(29)17-24/h5-15,17,26H,16,18-19H2,1-4H3,(H,30,34). The number of hydrogen-bond donors (Lipinski definition) is 1. The van der Waals surface area contributed by atoms with Gasteiger partial charge in [-0.15, -0.1) is 0 Å². The Kier molecular flexibility index (Phi) is 9.34. The minimum Gasteiger partial charge on any atom is -0.357 e. The van der Waals surface area contributed by atoms with Crippen LogP contribution in [0.4, 0.5) is 5.69 Å². The highest BCUT2D eigenvalue weighted by Crippen LogP contribution is 2.26. The van der Waals surface area contributed by atoms with Gasteiger partial charge in [0.2, 0.25) is 21.8 Å². The van der Waals surface area contributed by atoms with Gasteiger partial charge in [0.1, 0.15) is 12.6 Å². The first-order valence-electron chi connectivity index (χ1n) is 11.8. The van der Waals surface area contributed by atoms with Crippen molar-refractivity contribution in [2.75, 3.05) is 24.2 Å². The van der Waals surface area contributed by atoms with Gasteiger partial charge in [-0.2, -0.15) is 0 Å². The largest absolute Gasteiger partial charge is 0.357 e. The smallest absolute Gasteiger partial charge is 0.244 e. The molecule has 3 rings (SSSR count). The van der Waals surface area contributed by atoms with E-state index in [4.69, 9.17) is 11.6 Å². The molecule has 3 aromatic rings. The Morgan fingerprint density at radius 2 is 1.59 bits per heavy atom. The Bertz CT molecular complexity index is 1360. The number of rotatable bonds is 10. The molecule has 3 aromatic carbocycles. The third-order valence-electron chi connectivity index (χ3n) is 6.24. The molecule has 2 amide bonds. The zero-order valence-corrected chi connectivity index (χ0v) is 23.0. The Balaban J connectivity index is 2.05. The van der Waals surface area contributed by atoms with E-state index in [1.54, 1.807) is 12.1 Å². The summed E-state index contributed by atoms with van der Waals surface area (Å²) in [5, 5.41) is 3.06. The van der Waals surface area contributed by atoms with Crippen LogP contribution in [0.25, 0.3) is 0 Å². The van der Waals surface area contributed by atoms with Crippen LogP contribution in [0.2, 0.25) is 5.02 Å². The maximum absolute atomic E-state index is 13.9. The number of carbonyl (C=O) groups excluding carboxylic acids is 2. The summed E-state index contributed by atoms with van der Waals surface area (Å²) in [6, 6.07) is 21.0. The molecule has 0 spiro atoms. The van der Waals surface area contributed by atoms with Gasteiger partial charge in [0.05, 0.1) is 11.9 Å². The molecule has 0 fully saturated rings. The van der Waals surface area contributed by atoms with Crippen molar-refractivity contribution in [1.82, 2.24) is 10.2 Å². The van der Waals surface area contributed by atoms with Gasteiger partial charge < -0.3 is 10.2 Å². The first-order valence-corrected chi connectivity index (χ1v) is 14.1. The van der Waals surface area contributed by atoms with E-state index in [1.165, 1.54) is 18.0 Å². The summed E-state index contributed by atoms with van der Waals surface area (Å²) in [5.74, 6) is -0.843. The Morgan fingerprint density at radius 3 is 2.19 bits per heavy atom. The highest BCUT2D eigenvalue weighted by Gasteiger charge is 2.32. The molecule has 196 valence electrons. The molecule has 37 heavy (non-hydrogen) atoms. The van der Waals surface area contributed by atoms with E-state index in [1.807, 2.05) is 68.4 Å². The molecule has 0 bridgehead atoms. The average Bonchev–Trinajstić information content (AvgIpc) is 2.86. The molecular formula is C28H32ClN3O4S. The second kappa shape index (κ2) is 12.3. The quantitative estimate of drug-likeness (QED) is 0.418. The van der Waals surface area contributed by atoms with Crippen LogP contribution in [-0.4, -0.2) is 51.0 Å². The van der Waals surface area contributed by atoms with Gasteiger partial charge in [-0.25, -0.2) is 8.42 Å². The molecule has 0 heterocycles. The molecule has 9 heteroatoms. The average molecular weight is 542 g/mol. The van der Waals surface area contributed by atoms with E-state index in [0.717, 1.165) is 32.8 Å². The number of likely N-dealkylation sites (N-methyl/N-ethyl adjacent to an activating group) is 1. The van der Waals surface area contributed by atoms with Gasteiger partial charge in [0, 0.05) is 25.0 Å². The topological polar surface area (TPSA) is 86.8 Å². The molecule has 0 aliphatic heterocycles. The van der Waals surface area contributed by atoms with Crippen LogP contribution in [0.1, 0.15) is 22.3 Å². The molecule has 1 atom stereocenters. The summed E-state index contributed by atoms with van der Waals surface area (Å²) in [7, 11) is -2.32. The van der Waals surface area contributed by atoms with Gasteiger partial charge in [0.15, 0.2) is 0 Å². The van der Waals surface area contributed by atoms with Crippen molar-refractivity contribution in [2.24, 2.45) is 0 Å². The minimum atomic E-state index is -3.84. The maximum Gasteiger partial charge on any atom is 0.244 e. The molecule has 0 saturated heterocycles. The summed E-state index contributed by atoms with van der Waals surface area (Å²) >= 11 is 6.26. The Labute approximate surface area is 224 Å². The third kappa shape index (κ3) is 7.33. The fourth-order valence-electron chi connectivity index (χ4n) is 4.04. The molecule has 1 unspecified atom stereocenters. The number of carbonyl (C=O) groups is 2. The van der Waals surface area contributed by atoms with E-state index in [9.17, 15) is 18.0 Å². The van der Waals surface area contributed by atoms with Gasteiger partial charge in [-0.05, 0) is 48.2 Å². The number of halogens is 1. The molecule has 0 aliphatic rings. The lowest BCUT2D eigenvalue weighted by atomic mass is 10.0. The second-order valence-corrected chi connectivity index (χ2v) is 11.3. The number of amides is 2. The van der Waals surface area contributed by atoms with Crippen molar-refractivity contribution in [2.45, 2.75) is 32.9 Å². The third-order valence-corrected chi connectivity index (χ3v) is 7.79. The highest BCUT2D eigenvalue weighted by molar-refractivity contribution is 7.92. The maximum atomic E-state index is 13.9. The van der Waals surface area contributed by atoms with Crippen LogP contribution >= 0.6 is 11.6 Å². The summed E-state index contributed by atoms with van der Waals surface area (Å²) in [6.07, 6.45) is 1.31. The monoisotopic (exact) mass is 541 g/mol. The SMILES string of the molecule is CNC(=O)C(Cc1ccccc1)N(Cc1ccccc1C)C(=O)CN(c1ccc(C)c(Cl)c1)S(C)(=O)=O. The van der Waals surface area contributed by atoms with E-state index < -0.39 is 28.5 Å². The fourth-order valence-corrected chi connectivity index (χ4v) is 5.06. The number of sulfonamides is 1. The van der Waals surface area contributed by atoms with Crippen molar-refractivity contribution in [3.63, 3.8) is 0 Å². The lowest BCUT2D eigenvalue weighted by molar-refractivity contribution is -0.139. The first kappa shape index (κ1) is 28.2. The predicted octanol–water partition coefficient (Wildman–Crippen LogP) is 4.11. The highest BCUT2D eigenvalue weighted by atomic mass is 35.5. The van der Waals surface area contributed by atoms with Gasteiger partial charge in [0.25, 0.3) is 0 Å². The fraction of sp³-hybridized carbons (Fsp3) is 0.286. The zero-order valence-electron chi connectivity index (χ0n) is 21.4. The molecule has 0 aliphatic carbocycles. The number of aryl methyl sites for hydroxylation is 2. The van der Waals surface area contributed by atoms with E-state index >= 15 is 0 Å².